The van der Waals surface area contributed by atoms with Crippen LogP contribution in [-0.2, 0) is 4.79 Å². The molecule has 1 aromatic carbocycles. The van der Waals surface area contributed by atoms with Gasteiger partial charge in [-0.05, 0) is 24.3 Å². The van der Waals surface area contributed by atoms with E-state index in [0.29, 0.717) is 18.7 Å². The first kappa shape index (κ1) is 12.3. The molecular formula is C12H15NO3S. The molecule has 0 radical (unpaired) electrons. The summed E-state index contributed by atoms with van der Waals surface area (Å²) in [5.41, 5.74) is 0.864. The van der Waals surface area contributed by atoms with Crippen LogP contribution in [0.15, 0.2) is 24.3 Å². The van der Waals surface area contributed by atoms with E-state index in [-0.39, 0.29) is 24.4 Å². The summed E-state index contributed by atoms with van der Waals surface area (Å²) < 4.78 is 5.25. The van der Waals surface area contributed by atoms with Crippen LogP contribution in [0, 0.1) is 0 Å². The lowest BCUT2D eigenvalue weighted by Crippen LogP contribution is -2.24. The number of nitrogens with zero attached hydrogens (tertiary/aromatic N) is 1. The van der Waals surface area contributed by atoms with Gasteiger partial charge in [-0.25, -0.2) is 0 Å². The fraction of sp³-hybridized carbons (Fsp3) is 0.417. The maximum Gasteiger partial charge on any atom is 0.228 e. The minimum absolute atomic E-state index is 0.00625. The van der Waals surface area contributed by atoms with Gasteiger partial charge in [0.05, 0.1) is 6.61 Å². The Morgan fingerprint density at radius 3 is 2.65 bits per heavy atom. The summed E-state index contributed by atoms with van der Waals surface area (Å²) >= 11 is 4.31. The number of carbonyl (C=O) groups excluding carboxylic acids is 1. The molecule has 17 heavy (non-hydrogen) atoms. The van der Waals surface area contributed by atoms with Gasteiger partial charge < -0.3 is 14.7 Å². The number of amides is 1. The van der Waals surface area contributed by atoms with Crippen LogP contribution in [0.4, 0.5) is 5.69 Å². The quantitative estimate of drug-likeness (QED) is 0.790. The molecule has 1 N–H and O–H groups in total. The molecule has 1 unspecified atom stereocenters. The van der Waals surface area contributed by atoms with E-state index in [1.54, 1.807) is 17.0 Å². The van der Waals surface area contributed by atoms with E-state index in [1.807, 2.05) is 12.1 Å². The highest BCUT2D eigenvalue weighted by molar-refractivity contribution is 7.81. The standard InChI is InChI=1S/C12H15NO3S/c14-5-6-16-10-3-1-9(2-4-10)13-8-11(17)7-12(13)15/h1-4,11,14,17H,5-8H2. The predicted octanol–water partition coefficient (Wildman–Crippen LogP) is 1.09. The van der Waals surface area contributed by atoms with Crippen molar-refractivity contribution in [1.29, 1.82) is 0 Å². The summed E-state index contributed by atoms with van der Waals surface area (Å²) in [5, 5.41) is 8.75. The molecule has 1 saturated heterocycles. The molecule has 2 rings (SSSR count). The summed E-state index contributed by atoms with van der Waals surface area (Å²) in [6.45, 7) is 0.924. The molecule has 1 aliphatic rings. The molecule has 0 aromatic heterocycles. The summed E-state index contributed by atoms with van der Waals surface area (Å²) in [6, 6.07) is 7.28. The van der Waals surface area contributed by atoms with E-state index >= 15 is 0 Å². The molecule has 1 heterocycles. The van der Waals surface area contributed by atoms with Crippen molar-refractivity contribution in [3.8, 4) is 5.75 Å². The number of rotatable bonds is 4. The van der Waals surface area contributed by atoms with E-state index in [2.05, 4.69) is 12.6 Å². The predicted molar refractivity (Wildman–Crippen MR) is 68.8 cm³/mol. The summed E-state index contributed by atoms with van der Waals surface area (Å²) in [5.74, 6) is 0.797. The van der Waals surface area contributed by atoms with Gasteiger partial charge in [0.1, 0.15) is 12.4 Å². The average molecular weight is 253 g/mol. The molecule has 0 spiro atoms. The average Bonchev–Trinajstić information content (AvgIpc) is 2.66. The third-order valence-electron chi connectivity index (χ3n) is 2.61. The highest BCUT2D eigenvalue weighted by Gasteiger charge is 2.28. The van der Waals surface area contributed by atoms with Crippen LogP contribution in [0.25, 0.3) is 0 Å². The van der Waals surface area contributed by atoms with Crippen LogP contribution in [0.5, 0.6) is 5.75 Å². The van der Waals surface area contributed by atoms with E-state index in [1.165, 1.54) is 0 Å². The molecule has 0 bridgehead atoms. The van der Waals surface area contributed by atoms with Gasteiger partial charge in [-0.1, -0.05) is 0 Å². The fourth-order valence-corrected chi connectivity index (χ4v) is 2.14. The Kier molecular flexibility index (Phi) is 3.91. The van der Waals surface area contributed by atoms with Crippen molar-refractivity contribution in [2.24, 2.45) is 0 Å². The number of anilines is 1. The van der Waals surface area contributed by atoms with Crippen molar-refractivity contribution in [3.05, 3.63) is 24.3 Å². The van der Waals surface area contributed by atoms with Crippen molar-refractivity contribution < 1.29 is 14.6 Å². The lowest BCUT2D eigenvalue weighted by Gasteiger charge is -2.16. The first-order chi connectivity index (χ1) is 8.20. The van der Waals surface area contributed by atoms with Crippen molar-refractivity contribution in [1.82, 2.24) is 0 Å². The van der Waals surface area contributed by atoms with Crippen LogP contribution in [0.3, 0.4) is 0 Å². The molecule has 1 amide bonds. The molecule has 1 aliphatic heterocycles. The first-order valence-electron chi connectivity index (χ1n) is 5.53. The van der Waals surface area contributed by atoms with Crippen LogP contribution in [0.1, 0.15) is 6.42 Å². The molecule has 5 heteroatoms. The van der Waals surface area contributed by atoms with E-state index in [0.717, 1.165) is 5.69 Å². The van der Waals surface area contributed by atoms with E-state index < -0.39 is 0 Å². The molecule has 0 saturated carbocycles. The number of benzene rings is 1. The highest BCUT2D eigenvalue weighted by Crippen LogP contribution is 2.25. The number of aliphatic hydroxyl groups excluding tert-OH is 1. The third kappa shape index (κ3) is 2.92. The molecule has 1 atom stereocenters. The number of ether oxygens (including phenoxy) is 1. The summed E-state index contributed by atoms with van der Waals surface area (Å²) in [6.07, 6.45) is 0.492. The normalized spacial score (nSPS) is 19.8. The van der Waals surface area contributed by atoms with Gasteiger partial charge in [-0.15, -0.1) is 0 Å². The monoisotopic (exact) mass is 253 g/mol. The minimum Gasteiger partial charge on any atom is -0.491 e. The molecule has 1 fully saturated rings. The second-order valence-electron chi connectivity index (χ2n) is 3.93. The van der Waals surface area contributed by atoms with Gasteiger partial charge in [0, 0.05) is 23.9 Å². The Hall–Kier alpha value is -1.20. The Bertz CT molecular complexity index is 393. The van der Waals surface area contributed by atoms with Crippen molar-refractivity contribution >= 4 is 24.2 Å². The smallest absolute Gasteiger partial charge is 0.228 e. The largest absolute Gasteiger partial charge is 0.491 e. The van der Waals surface area contributed by atoms with Gasteiger partial charge in [0.25, 0.3) is 0 Å². The van der Waals surface area contributed by atoms with Crippen molar-refractivity contribution in [2.45, 2.75) is 11.7 Å². The van der Waals surface area contributed by atoms with Gasteiger partial charge >= 0.3 is 0 Å². The molecular weight excluding hydrogens is 238 g/mol. The first-order valence-corrected chi connectivity index (χ1v) is 6.04. The number of hydrogen-bond donors (Lipinski definition) is 2. The van der Waals surface area contributed by atoms with Gasteiger partial charge in [0.15, 0.2) is 0 Å². The summed E-state index contributed by atoms with van der Waals surface area (Å²) in [4.78, 5) is 13.4. The molecule has 0 aliphatic carbocycles. The third-order valence-corrected chi connectivity index (χ3v) is 2.96. The van der Waals surface area contributed by atoms with Crippen LogP contribution in [0.2, 0.25) is 0 Å². The number of carbonyl (C=O) groups is 1. The lowest BCUT2D eigenvalue weighted by molar-refractivity contribution is -0.117. The van der Waals surface area contributed by atoms with Gasteiger partial charge in [-0.3, -0.25) is 4.79 Å². The van der Waals surface area contributed by atoms with Gasteiger partial charge in [0.2, 0.25) is 5.91 Å². The Balaban J connectivity index is 2.05. The fourth-order valence-electron chi connectivity index (χ4n) is 1.82. The van der Waals surface area contributed by atoms with Crippen LogP contribution >= 0.6 is 12.6 Å². The van der Waals surface area contributed by atoms with E-state index in [9.17, 15) is 4.79 Å². The second-order valence-corrected chi connectivity index (χ2v) is 4.66. The Morgan fingerprint density at radius 1 is 1.41 bits per heavy atom. The maximum atomic E-state index is 11.7. The second kappa shape index (κ2) is 5.42. The summed E-state index contributed by atoms with van der Waals surface area (Å²) in [7, 11) is 0. The molecule has 1 aromatic rings. The maximum absolute atomic E-state index is 11.7. The molecule has 4 nitrogen and oxygen atoms in total. The lowest BCUT2D eigenvalue weighted by atomic mass is 10.3. The van der Waals surface area contributed by atoms with Crippen LogP contribution in [-0.4, -0.2) is 36.0 Å². The minimum atomic E-state index is -0.00625. The Morgan fingerprint density at radius 2 is 2.12 bits per heavy atom. The van der Waals surface area contributed by atoms with E-state index in [4.69, 9.17) is 9.84 Å². The zero-order valence-corrected chi connectivity index (χ0v) is 10.3. The SMILES string of the molecule is O=C1CC(S)CN1c1ccc(OCCO)cc1. The van der Waals surface area contributed by atoms with Gasteiger partial charge in [-0.2, -0.15) is 12.6 Å². The van der Waals surface area contributed by atoms with Crippen LogP contribution < -0.4 is 9.64 Å². The Labute approximate surface area is 106 Å². The highest BCUT2D eigenvalue weighted by atomic mass is 32.1. The zero-order chi connectivity index (χ0) is 12.3. The van der Waals surface area contributed by atoms with Crippen molar-refractivity contribution in [2.75, 3.05) is 24.7 Å². The zero-order valence-electron chi connectivity index (χ0n) is 9.37. The number of aliphatic hydroxyl groups is 1. The van der Waals surface area contributed by atoms with Crippen molar-refractivity contribution in [3.63, 3.8) is 0 Å². The number of hydrogen-bond acceptors (Lipinski definition) is 4. The molecule has 92 valence electrons. The topological polar surface area (TPSA) is 49.8 Å². The number of thiol groups is 1.